The van der Waals surface area contributed by atoms with Gasteiger partial charge in [-0.15, -0.1) is 5.10 Å². The Kier molecular flexibility index (Phi) is 3.97. The van der Waals surface area contributed by atoms with E-state index in [0.29, 0.717) is 0 Å². The summed E-state index contributed by atoms with van der Waals surface area (Å²) < 4.78 is 1.66. The third-order valence-corrected chi connectivity index (χ3v) is 1.96. The molecule has 1 aromatic heterocycles. The predicted molar refractivity (Wildman–Crippen MR) is 62.6 cm³/mol. The highest BCUT2D eigenvalue weighted by molar-refractivity contribution is 5.81. The maximum Gasteiger partial charge on any atom is 0.150 e. The number of aliphatic imine (C=N–C) groups is 1. The first kappa shape index (κ1) is 11.4. The molecule has 0 aromatic carbocycles. The van der Waals surface area contributed by atoms with Crippen molar-refractivity contribution in [2.75, 3.05) is 0 Å². The minimum absolute atomic E-state index is 0.775. The van der Waals surface area contributed by atoms with Gasteiger partial charge in [-0.25, -0.2) is 9.67 Å². The van der Waals surface area contributed by atoms with Gasteiger partial charge in [0.2, 0.25) is 0 Å². The number of aromatic nitrogens is 3. The van der Waals surface area contributed by atoms with Crippen molar-refractivity contribution in [3.63, 3.8) is 0 Å². The second-order valence-corrected chi connectivity index (χ2v) is 3.24. The van der Waals surface area contributed by atoms with Gasteiger partial charge in [0.15, 0.2) is 5.82 Å². The molecule has 0 spiro atoms. The molecule has 1 heterocycles. The smallest absolute Gasteiger partial charge is 0.150 e. The summed E-state index contributed by atoms with van der Waals surface area (Å²) >= 11 is 0. The molecule has 0 atom stereocenters. The number of aryl methyl sites for hydroxylation is 1. The zero-order valence-electron chi connectivity index (χ0n) is 9.60. The van der Waals surface area contributed by atoms with Crippen LogP contribution in [0.25, 0.3) is 5.82 Å². The molecule has 4 nitrogen and oxygen atoms in total. The summed E-state index contributed by atoms with van der Waals surface area (Å²) in [5.41, 5.74) is 2.00. The van der Waals surface area contributed by atoms with E-state index in [1.165, 1.54) is 0 Å². The molecule has 0 aliphatic heterocycles. The van der Waals surface area contributed by atoms with Crippen molar-refractivity contribution >= 4 is 12.0 Å². The fourth-order valence-corrected chi connectivity index (χ4v) is 0.968. The van der Waals surface area contributed by atoms with Gasteiger partial charge in [-0.1, -0.05) is 11.3 Å². The molecule has 15 heavy (non-hydrogen) atoms. The van der Waals surface area contributed by atoms with Gasteiger partial charge >= 0.3 is 0 Å². The molecule has 0 aliphatic rings. The largest absolute Gasteiger partial charge is 0.237 e. The quantitative estimate of drug-likeness (QED) is 0.710. The molecule has 0 fully saturated rings. The third kappa shape index (κ3) is 3.16. The Morgan fingerprint density at radius 2 is 2.13 bits per heavy atom. The molecule has 0 aliphatic carbocycles. The van der Waals surface area contributed by atoms with Crippen LogP contribution in [0.5, 0.6) is 0 Å². The van der Waals surface area contributed by atoms with Crippen LogP contribution in [0.2, 0.25) is 0 Å². The average Bonchev–Trinajstić information content (AvgIpc) is 2.65. The fourth-order valence-electron chi connectivity index (χ4n) is 0.968. The van der Waals surface area contributed by atoms with E-state index in [4.69, 9.17) is 0 Å². The van der Waals surface area contributed by atoms with Crippen LogP contribution in [0.15, 0.2) is 28.9 Å². The molecule has 0 N–H and O–H groups in total. The van der Waals surface area contributed by atoms with Gasteiger partial charge < -0.3 is 0 Å². The maximum absolute atomic E-state index is 4.32. The summed E-state index contributed by atoms with van der Waals surface area (Å²) in [6, 6.07) is 0. The Morgan fingerprint density at radius 1 is 1.40 bits per heavy atom. The Hall–Kier alpha value is -1.71. The van der Waals surface area contributed by atoms with Crippen molar-refractivity contribution in [1.29, 1.82) is 0 Å². The maximum atomic E-state index is 4.32. The van der Waals surface area contributed by atoms with Gasteiger partial charge in [0.25, 0.3) is 0 Å². The molecule has 0 unspecified atom stereocenters. The minimum atomic E-state index is 0.775. The van der Waals surface area contributed by atoms with Crippen LogP contribution >= 0.6 is 0 Å². The zero-order chi connectivity index (χ0) is 11.3. The lowest BCUT2D eigenvalue weighted by molar-refractivity contribution is 0.806. The van der Waals surface area contributed by atoms with Crippen molar-refractivity contribution in [1.82, 2.24) is 15.0 Å². The monoisotopic (exact) mass is 204 g/mol. The SMILES string of the molecule is C\C=C(C)/C=N\C(=C/C)n1cc(C)nn1. The molecule has 0 saturated carbocycles. The minimum Gasteiger partial charge on any atom is -0.237 e. The number of nitrogens with zero attached hydrogens (tertiary/aromatic N) is 4. The Labute approximate surface area is 90.0 Å². The molecule has 4 heteroatoms. The average molecular weight is 204 g/mol. The lowest BCUT2D eigenvalue weighted by Gasteiger charge is -1.98. The van der Waals surface area contributed by atoms with Crippen molar-refractivity contribution < 1.29 is 0 Å². The molecule has 0 amide bonds. The van der Waals surface area contributed by atoms with E-state index in [0.717, 1.165) is 17.1 Å². The lowest BCUT2D eigenvalue weighted by Crippen LogP contribution is -1.96. The number of hydrogen-bond acceptors (Lipinski definition) is 3. The number of rotatable bonds is 3. The van der Waals surface area contributed by atoms with Crippen LogP contribution in [-0.4, -0.2) is 21.2 Å². The van der Waals surface area contributed by atoms with Gasteiger partial charge in [0.1, 0.15) is 0 Å². The second-order valence-electron chi connectivity index (χ2n) is 3.24. The van der Waals surface area contributed by atoms with Crippen LogP contribution in [0.3, 0.4) is 0 Å². The zero-order valence-corrected chi connectivity index (χ0v) is 9.60. The Bertz CT molecular complexity index is 410. The molecule has 0 bridgehead atoms. The molecule has 0 radical (unpaired) electrons. The van der Waals surface area contributed by atoms with E-state index in [1.807, 2.05) is 52.3 Å². The molecular formula is C11H16N4. The van der Waals surface area contributed by atoms with Gasteiger partial charge in [-0.3, -0.25) is 0 Å². The van der Waals surface area contributed by atoms with Crippen LogP contribution in [0, 0.1) is 6.92 Å². The summed E-state index contributed by atoms with van der Waals surface area (Å²) in [7, 11) is 0. The van der Waals surface area contributed by atoms with E-state index < -0.39 is 0 Å². The van der Waals surface area contributed by atoms with Crippen LogP contribution in [-0.2, 0) is 0 Å². The normalized spacial score (nSPS) is 13.9. The highest BCUT2D eigenvalue weighted by Crippen LogP contribution is 2.05. The lowest BCUT2D eigenvalue weighted by atomic mass is 10.3. The molecule has 1 rings (SSSR count). The standard InChI is InChI=1S/C11H16N4/c1-5-9(3)7-12-11(6-2)15-8-10(4)13-14-15/h5-8H,1-4H3/b9-5-,11-6+,12-7-. The highest BCUT2D eigenvalue weighted by atomic mass is 15.4. The van der Waals surface area contributed by atoms with Crippen LogP contribution in [0.1, 0.15) is 26.5 Å². The summed E-state index contributed by atoms with van der Waals surface area (Å²) in [5.74, 6) is 0.775. The van der Waals surface area contributed by atoms with E-state index in [2.05, 4.69) is 15.3 Å². The van der Waals surface area contributed by atoms with Crippen molar-refractivity contribution in [3.05, 3.63) is 29.6 Å². The topological polar surface area (TPSA) is 43.1 Å². The number of hydrogen-bond donors (Lipinski definition) is 0. The second kappa shape index (κ2) is 5.24. The summed E-state index contributed by atoms with van der Waals surface area (Å²) in [6.07, 6.45) is 7.56. The van der Waals surface area contributed by atoms with E-state index in [-0.39, 0.29) is 0 Å². The van der Waals surface area contributed by atoms with Gasteiger partial charge in [0, 0.05) is 6.21 Å². The van der Waals surface area contributed by atoms with Gasteiger partial charge in [-0.2, -0.15) is 0 Å². The first-order valence-electron chi connectivity index (χ1n) is 4.90. The van der Waals surface area contributed by atoms with E-state index in [9.17, 15) is 0 Å². The van der Waals surface area contributed by atoms with Crippen LogP contribution in [0.4, 0.5) is 0 Å². The summed E-state index contributed by atoms with van der Waals surface area (Å²) in [4.78, 5) is 4.32. The third-order valence-electron chi connectivity index (χ3n) is 1.96. The van der Waals surface area contributed by atoms with E-state index in [1.54, 1.807) is 4.68 Å². The molecule has 1 aromatic rings. The van der Waals surface area contributed by atoms with Gasteiger partial charge in [0.05, 0.1) is 11.9 Å². The van der Waals surface area contributed by atoms with Crippen molar-refractivity contribution in [3.8, 4) is 0 Å². The fraction of sp³-hybridized carbons (Fsp3) is 0.364. The predicted octanol–water partition coefficient (Wildman–Crippen LogP) is 2.44. The molecule has 0 saturated heterocycles. The Balaban J connectivity index is 2.88. The van der Waals surface area contributed by atoms with Crippen molar-refractivity contribution in [2.45, 2.75) is 27.7 Å². The van der Waals surface area contributed by atoms with Crippen molar-refractivity contribution in [2.24, 2.45) is 4.99 Å². The number of allylic oxidation sites excluding steroid dienone is 3. The Morgan fingerprint density at radius 3 is 2.60 bits per heavy atom. The molecule has 80 valence electrons. The summed E-state index contributed by atoms with van der Waals surface area (Å²) in [6.45, 7) is 7.81. The first-order chi connectivity index (χ1) is 7.17. The first-order valence-corrected chi connectivity index (χ1v) is 4.90. The van der Waals surface area contributed by atoms with Crippen LogP contribution < -0.4 is 0 Å². The highest BCUT2D eigenvalue weighted by Gasteiger charge is 1.98. The van der Waals surface area contributed by atoms with Gasteiger partial charge in [-0.05, 0) is 39.3 Å². The summed E-state index contributed by atoms with van der Waals surface area (Å²) in [5, 5.41) is 7.87. The molecular weight excluding hydrogens is 188 g/mol. The van der Waals surface area contributed by atoms with E-state index >= 15 is 0 Å².